The molecule has 1 aliphatic heterocycles. The summed E-state index contributed by atoms with van der Waals surface area (Å²) in [5.74, 6) is -1.97. The first kappa shape index (κ1) is 18.6. The highest BCUT2D eigenvalue weighted by atomic mass is 32.2. The Kier molecular flexibility index (Phi) is 5.26. The molecule has 1 atom stereocenters. The Balaban J connectivity index is 1.50. The summed E-state index contributed by atoms with van der Waals surface area (Å²) in [7, 11) is 0. The van der Waals surface area contributed by atoms with E-state index in [0.29, 0.717) is 10.8 Å². The van der Waals surface area contributed by atoms with Gasteiger partial charge in [0.05, 0.1) is 22.1 Å². The molecule has 3 amide bonds. The van der Waals surface area contributed by atoms with E-state index in [1.54, 1.807) is 32.0 Å². The molecule has 1 aliphatic rings. The maximum atomic E-state index is 12.1. The first-order valence-corrected chi connectivity index (χ1v) is 8.96. The number of fused-ring (bicyclic) bond motifs is 1. The standard InChI is InChI=1S/C17H15N3O6S/c1-9-7-13(19-25-9)18-15(22)10(2)27-8-14(21)26-20-16(23)11-5-3-4-6-12(11)17(20)24/h3-7,10H,8H2,1-2H3,(H,18,19,22). The van der Waals surface area contributed by atoms with Gasteiger partial charge in [0.1, 0.15) is 5.76 Å². The van der Waals surface area contributed by atoms with Crippen LogP contribution in [-0.2, 0) is 14.4 Å². The van der Waals surface area contributed by atoms with E-state index >= 15 is 0 Å². The number of carbonyl (C=O) groups is 4. The van der Waals surface area contributed by atoms with Crippen LogP contribution in [0.5, 0.6) is 0 Å². The number of hydrogen-bond acceptors (Lipinski definition) is 8. The Bertz CT molecular complexity index is 890. The normalized spacial score (nSPS) is 14.1. The molecule has 0 bridgehead atoms. The molecular weight excluding hydrogens is 374 g/mol. The van der Waals surface area contributed by atoms with Crippen LogP contribution in [0.1, 0.15) is 33.4 Å². The van der Waals surface area contributed by atoms with Crippen LogP contribution in [0.3, 0.4) is 0 Å². The lowest BCUT2D eigenvalue weighted by Gasteiger charge is -2.14. The van der Waals surface area contributed by atoms with Crippen molar-refractivity contribution in [1.29, 1.82) is 0 Å². The van der Waals surface area contributed by atoms with Gasteiger partial charge < -0.3 is 14.7 Å². The van der Waals surface area contributed by atoms with E-state index in [9.17, 15) is 19.2 Å². The number of nitrogens with zero attached hydrogens (tertiary/aromatic N) is 2. The third-order valence-electron chi connectivity index (χ3n) is 3.65. The maximum absolute atomic E-state index is 12.1. The van der Waals surface area contributed by atoms with E-state index in [2.05, 4.69) is 10.5 Å². The molecular formula is C17H15N3O6S. The molecule has 2 heterocycles. The van der Waals surface area contributed by atoms with Crippen molar-refractivity contribution in [3.05, 3.63) is 47.2 Å². The molecule has 1 aromatic heterocycles. The van der Waals surface area contributed by atoms with E-state index in [4.69, 9.17) is 9.36 Å². The highest BCUT2D eigenvalue weighted by molar-refractivity contribution is 8.01. The second kappa shape index (κ2) is 7.62. The van der Waals surface area contributed by atoms with Crippen LogP contribution < -0.4 is 5.32 Å². The third-order valence-corrected chi connectivity index (χ3v) is 4.77. The van der Waals surface area contributed by atoms with Gasteiger partial charge in [0.25, 0.3) is 11.8 Å². The molecule has 9 nitrogen and oxygen atoms in total. The molecule has 140 valence electrons. The molecule has 27 heavy (non-hydrogen) atoms. The van der Waals surface area contributed by atoms with E-state index in [1.165, 1.54) is 12.1 Å². The fourth-order valence-electron chi connectivity index (χ4n) is 2.30. The molecule has 3 rings (SSSR count). The Hall–Kier alpha value is -3.14. The average molecular weight is 389 g/mol. The maximum Gasteiger partial charge on any atom is 0.343 e. The zero-order chi connectivity index (χ0) is 19.6. The predicted molar refractivity (Wildman–Crippen MR) is 94.8 cm³/mol. The van der Waals surface area contributed by atoms with Crippen molar-refractivity contribution in [3.63, 3.8) is 0 Å². The van der Waals surface area contributed by atoms with E-state index < -0.39 is 23.0 Å². The average Bonchev–Trinajstić information content (AvgIpc) is 3.16. The Morgan fingerprint density at radius 2 is 1.89 bits per heavy atom. The summed E-state index contributed by atoms with van der Waals surface area (Å²) in [4.78, 5) is 53.2. The summed E-state index contributed by atoms with van der Waals surface area (Å²) in [6.07, 6.45) is 0. The number of rotatable bonds is 6. The van der Waals surface area contributed by atoms with Gasteiger partial charge in [-0.3, -0.25) is 14.4 Å². The number of thioether (sulfide) groups is 1. The minimum Gasteiger partial charge on any atom is -0.360 e. The second-order valence-corrected chi connectivity index (χ2v) is 7.01. The topological polar surface area (TPSA) is 119 Å². The molecule has 0 fully saturated rings. The molecule has 1 aromatic carbocycles. The van der Waals surface area contributed by atoms with E-state index in [1.807, 2.05) is 0 Å². The summed E-state index contributed by atoms with van der Waals surface area (Å²) < 4.78 is 4.85. The Morgan fingerprint density at radius 1 is 1.26 bits per heavy atom. The number of aryl methyl sites for hydroxylation is 1. The quantitative estimate of drug-likeness (QED) is 0.743. The summed E-state index contributed by atoms with van der Waals surface area (Å²) in [6, 6.07) is 7.75. The number of benzene rings is 1. The zero-order valence-electron chi connectivity index (χ0n) is 14.4. The van der Waals surface area contributed by atoms with Crippen LogP contribution in [0.15, 0.2) is 34.9 Å². The second-order valence-electron chi connectivity index (χ2n) is 5.68. The molecule has 1 unspecified atom stereocenters. The van der Waals surface area contributed by atoms with Crippen molar-refractivity contribution >= 4 is 41.3 Å². The van der Waals surface area contributed by atoms with Crippen LogP contribution >= 0.6 is 11.8 Å². The summed E-state index contributed by atoms with van der Waals surface area (Å²) in [5.41, 5.74) is 0.359. The lowest BCUT2D eigenvalue weighted by molar-refractivity contribution is -0.165. The molecule has 0 aliphatic carbocycles. The summed E-state index contributed by atoms with van der Waals surface area (Å²) in [6.45, 7) is 3.29. The summed E-state index contributed by atoms with van der Waals surface area (Å²) in [5, 5.41) is 6.04. The fourth-order valence-corrected chi connectivity index (χ4v) is 2.95. The molecule has 0 spiro atoms. The molecule has 10 heteroatoms. The largest absolute Gasteiger partial charge is 0.360 e. The minimum absolute atomic E-state index is 0.179. The molecule has 0 saturated carbocycles. The van der Waals surface area contributed by atoms with Crippen molar-refractivity contribution in [2.24, 2.45) is 0 Å². The molecule has 2 aromatic rings. The zero-order valence-corrected chi connectivity index (χ0v) is 15.2. The van der Waals surface area contributed by atoms with Gasteiger partial charge >= 0.3 is 5.97 Å². The van der Waals surface area contributed by atoms with Crippen LogP contribution in [-0.4, -0.2) is 44.9 Å². The van der Waals surface area contributed by atoms with Gasteiger partial charge in [-0.2, -0.15) is 0 Å². The van der Waals surface area contributed by atoms with Gasteiger partial charge in [-0.1, -0.05) is 22.4 Å². The first-order valence-electron chi connectivity index (χ1n) is 7.91. The lowest BCUT2D eigenvalue weighted by atomic mass is 10.1. The van der Waals surface area contributed by atoms with Crippen molar-refractivity contribution < 1.29 is 28.5 Å². The number of hydroxylamine groups is 2. The summed E-state index contributed by atoms with van der Waals surface area (Å²) >= 11 is 0.994. The number of carbonyl (C=O) groups excluding carboxylic acids is 4. The van der Waals surface area contributed by atoms with Gasteiger partial charge in [0.2, 0.25) is 5.91 Å². The highest BCUT2D eigenvalue weighted by Crippen LogP contribution is 2.23. The molecule has 1 N–H and O–H groups in total. The minimum atomic E-state index is -0.813. The Labute approximate surface area is 158 Å². The predicted octanol–water partition coefficient (Wildman–Crippen LogP) is 1.80. The van der Waals surface area contributed by atoms with Gasteiger partial charge in [-0.05, 0) is 26.0 Å². The molecule has 0 saturated heterocycles. The van der Waals surface area contributed by atoms with Crippen LogP contribution in [0.25, 0.3) is 0 Å². The van der Waals surface area contributed by atoms with Crippen LogP contribution in [0, 0.1) is 6.92 Å². The molecule has 0 radical (unpaired) electrons. The SMILES string of the molecule is Cc1cc(NC(=O)C(C)SCC(=O)ON2C(=O)c3ccccc3C2=O)no1. The van der Waals surface area contributed by atoms with Crippen molar-refractivity contribution in [2.45, 2.75) is 19.1 Å². The smallest absolute Gasteiger partial charge is 0.343 e. The van der Waals surface area contributed by atoms with Gasteiger partial charge in [0, 0.05) is 6.07 Å². The fraction of sp³-hybridized carbons (Fsp3) is 0.235. The number of anilines is 1. The van der Waals surface area contributed by atoms with Gasteiger partial charge in [-0.25, -0.2) is 4.79 Å². The van der Waals surface area contributed by atoms with Crippen LogP contribution in [0.2, 0.25) is 0 Å². The highest BCUT2D eigenvalue weighted by Gasteiger charge is 2.38. The van der Waals surface area contributed by atoms with Crippen molar-refractivity contribution in [1.82, 2.24) is 10.2 Å². The lowest BCUT2D eigenvalue weighted by Crippen LogP contribution is -2.33. The number of imide groups is 1. The van der Waals surface area contributed by atoms with Crippen molar-refractivity contribution in [3.8, 4) is 0 Å². The Morgan fingerprint density at radius 3 is 2.44 bits per heavy atom. The van der Waals surface area contributed by atoms with Gasteiger partial charge in [0.15, 0.2) is 5.82 Å². The number of amides is 3. The number of hydrogen-bond donors (Lipinski definition) is 1. The van der Waals surface area contributed by atoms with E-state index in [0.717, 1.165) is 11.8 Å². The van der Waals surface area contributed by atoms with E-state index in [-0.39, 0.29) is 28.6 Å². The number of aromatic nitrogens is 1. The number of nitrogens with one attached hydrogen (secondary N) is 1. The third kappa shape index (κ3) is 4.00. The van der Waals surface area contributed by atoms with Crippen LogP contribution in [0.4, 0.5) is 5.82 Å². The monoisotopic (exact) mass is 389 g/mol. The van der Waals surface area contributed by atoms with Gasteiger partial charge in [-0.15, -0.1) is 11.8 Å². The van der Waals surface area contributed by atoms with Crippen molar-refractivity contribution in [2.75, 3.05) is 11.1 Å². The first-order chi connectivity index (χ1) is 12.9.